The predicted molar refractivity (Wildman–Crippen MR) is 154 cm³/mol. The molecule has 44 heavy (non-hydrogen) atoms. The van der Waals surface area contributed by atoms with Crippen LogP contribution in [0.25, 0.3) is 11.3 Å². The zero-order valence-electron chi connectivity index (χ0n) is 24.5. The first-order valence-electron chi connectivity index (χ1n) is 13.2. The van der Waals surface area contributed by atoms with E-state index in [1.165, 1.54) is 65.1 Å². The highest BCUT2D eigenvalue weighted by molar-refractivity contribution is 6.31. The molecule has 0 aliphatic rings. The summed E-state index contributed by atoms with van der Waals surface area (Å²) < 4.78 is 68.3. The van der Waals surface area contributed by atoms with Crippen LogP contribution in [0, 0.1) is 5.82 Å². The lowest BCUT2D eigenvalue weighted by atomic mass is 9.88. The molecular weight excluding hydrogens is 610 g/mol. The van der Waals surface area contributed by atoms with Crippen LogP contribution in [-0.4, -0.2) is 59.6 Å². The Morgan fingerprint density at radius 2 is 1.75 bits per heavy atom. The lowest BCUT2D eigenvalue weighted by Crippen LogP contribution is -2.52. The average molecular weight is 642 g/mol. The number of nitrogens with one attached hydrogen (secondary N) is 2. The third-order valence-electron chi connectivity index (χ3n) is 6.55. The van der Waals surface area contributed by atoms with E-state index in [0.29, 0.717) is 0 Å². The number of halogens is 5. The maximum absolute atomic E-state index is 14.6. The summed E-state index contributed by atoms with van der Waals surface area (Å²) in [7, 11) is 1.29. The molecule has 0 radical (unpaired) electrons. The van der Waals surface area contributed by atoms with Gasteiger partial charge >= 0.3 is 6.18 Å². The number of aliphatic hydroxyl groups is 2. The molecule has 2 unspecified atom stereocenters. The van der Waals surface area contributed by atoms with Gasteiger partial charge in [0.1, 0.15) is 12.4 Å². The lowest BCUT2D eigenvalue weighted by Gasteiger charge is -2.33. The van der Waals surface area contributed by atoms with Gasteiger partial charge in [-0.2, -0.15) is 13.2 Å². The fraction of sp³-hybridized carbons (Fsp3) is 0.367. The minimum Gasteiger partial charge on any atom is -0.493 e. The first kappa shape index (κ1) is 34.5. The predicted octanol–water partition coefficient (Wildman–Crippen LogP) is 4.86. The second-order valence-electron chi connectivity index (χ2n) is 10.6. The zero-order valence-corrected chi connectivity index (χ0v) is 25.2. The maximum Gasteiger partial charge on any atom is 0.424 e. The number of nitrogens with zero attached hydrogens (tertiary/aromatic N) is 1. The fourth-order valence-electron chi connectivity index (χ4n) is 4.20. The molecule has 3 rings (SSSR count). The van der Waals surface area contributed by atoms with Crippen molar-refractivity contribution < 1.29 is 46.8 Å². The standard InChI is InChI=1S/C30H32ClF4N3O6/c1-16(39)14-44-24-9-7-19(11-25(24)43-5)27(41)36-15-29(42,30(33,34)35)26-13-20(28(3,4)38-17(2)40)12-23(37-26)18-6-8-22(32)21(31)10-18/h6-13,16,39,42H,14-15H2,1-5H3,(H,36,41)(H,38,40). The van der Waals surface area contributed by atoms with Crippen LogP contribution >= 0.6 is 11.6 Å². The normalized spacial score (nSPS) is 13.9. The monoisotopic (exact) mass is 641 g/mol. The van der Waals surface area contributed by atoms with E-state index in [2.05, 4.69) is 15.6 Å². The maximum atomic E-state index is 14.6. The molecule has 14 heteroatoms. The van der Waals surface area contributed by atoms with Crippen molar-refractivity contribution in [2.75, 3.05) is 20.3 Å². The van der Waals surface area contributed by atoms with Gasteiger partial charge in [-0.15, -0.1) is 0 Å². The van der Waals surface area contributed by atoms with Crippen LogP contribution in [0.3, 0.4) is 0 Å². The van der Waals surface area contributed by atoms with Gasteiger partial charge in [-0.1, -0.05) is 11.6 Å². The van der Waals surface area contributed by atoms with E-state index in [9.17, 15) is 37.4 Å². The van der Waals surface area contributed by atoms with Gasteiger partial charge in [-0.3, -0.25) is 9.59 Å². The van der Waals surface area contributed by atoms with Crippen molar-refractivity contribution in [3.05, 3.63) is 76.2 Å². The number of ether oxygens (including phenoxy) is 2. The van der Waals surface area contributed by atoms with Gasteiger partial charge in [0.05, 0.1) is 41.7 Å². The molecule has 9 nitrogen and oxygen atoms in total. The molecule has 0 saturated heterocycles. The smallest absolute Gasteiger partial charge is 0.424 e. The number of pyridine rings is 1. The van der Waals surface area contributed by atoms with Crippen LogP contribution in [-0.2, 0) is 15.9 Å². The number of alkyl halides is 3. The minimum atomic E-state index is -5.35. The third-order valence-corrected chi connectivity index (χ3v) is 6.84. The molecule has 0 aliphatic carbocycles. The highest BCUT2D eigenvalue weighted by Crippen LogP contribution is 2.40. The van der Waals surface area contributed by atoms with Gasteiger partial charge in [0.2, 0.25) is 11.5 Å². The molecule has 4 N–H and O–H groups in total. The number of hydrogen-bond acceptors (Lipinski definition) is 7. The number of carbonyl (C=O) groups excluding carboxylic acids is 2. The number of hydrogen-bond donors (Lipinski definition) is 4. The quantitative estimate of drug-likeness (QED) is 0.220. The Morgan fingerprint density at radius 3 is 2.32 bits per heavy atom. The molecule has 0 saturated carbocycles. The number of rotatable bonds is 11. The highest BCUT2D eigenvalue weighted by Gasteiger charge is 2.56. The summed E-state index contributed by atoms with van der Waals surface area (Å²) in [6, 6.07) is 9.62. The second-order valence-corrected chi connectivity index (χ2v) is 11.0. The lowest BCUT2D eigenvalue weighted by molar-refractivity contribution is -0.265. The largest absolute Gasteiger partial charge is 0.493 e. The summed E-state index contributed by atoms with van der Waals surface area (Å²) in [4.78, 5) is 28.9. The molecular formula is C30H32ClF4N3O6. The van der Waals surface area contributed by atoms with Crippen molar-refractivity contribution in [2.45, 2.75) is 51.1 Å². The van der Waals surface area contributed by atoms with Gasteiger partial charge in [-0.25, -0.2) is 9.37 Å². The number of benzene rings is 2. The summed E-state index contributed by atoms with van der Waals surface area (Å²) in [5, 5.41) is 25.0. The van der Waals surface area contributed by atoms with Crippen molar-refractivity contribution in [1.29, 1.82) is 0 Å². The van der Waals surface area contributed by atoms with Crippen molar-refractivity contribution >= 4 is 23.4 Å². The van der Waals surface area contributed by atoms with Gasteiger partial charge < -0.3 is 30.3 Å². The second kappa shape index (κ2) is 13.4. The Labute approximate surface area is 256 Å². The first-order valence-corrected chi connectivity index (χ1v) is 13.6. The molecule has 1 aromatic heterocycles. The Bertz CT molecular complexity index is 1530. The molecule has 1 heterocycles. The number of methoxy groups -OCH3 is 1. The summed E-state index contributed by atoms with van der Waals surface area (Å²) in [5.41, 5.74) is -5.80. The molecule has 0 spiro atoms. The van der Waals surface area contributed by atoms with Crippen LogP contribution in [0.1, 0.15) is 49.3 Å². The molecule has 0 bridgehead atoms. The Kier molecular flexibility index (Phi) is 10.5. The van der Waals surface area contributed by atoms with Crippen molar-refractivity contribution in [3.63, 3.8) is 0 Å². The van der Waals surface area contributed by atoms with Gasteiger partial charge in [-0.05, 0) is 74.9 Å². The van der Waals surface area contributed by atoms with Crippen LogP contribution in [0.15, 0.2) is 48.5 Å². The Balaban J connectivity index is 2.06. The topological polar surface area (TPSA) is 130 Å². The van der Waals surface area contributed by atoms with E-state index >= 15 is 0 Å². The Morgan fingerprint density at radius 1 is 1.07 bits per heavy atom. The minimum absolute atomic E-state index is 0.0720. The van der Waals surface area contributed by atoms with E-state index in [1.54, 1.807) is 0 Å². The molecule has 2 atom stereocenters. The van der Waals surface area contributed by atoms with Gasteiger partial charge in [0.15, 0.2) is 11.5 Å². The van der Waals surface area contributed by atoms with Crippen LogP contribution in [0.2, 0.25) is 5.02 Å². The van der Waals surface area contributed by atoms with E-state index < -0.39 is 53.3 Å². The first-order chi connectivity index (χ1) is 20.4. The van der Waals surface area contributed by atoms with E-state index in [-0.39, 0.29) is 45.5 Å². The molecule has 2 amide bonds. The highest BCUT2D eigenvalue weighted by atomic mass is 35.5. The summed E-state index contributed by atoms with van der Waals surface area (Å²) in [5.74, 6) is -1.95. The number of aromatic nitrogens is 1. The molecule has 238 valence electrons. The SMILES string of the molecule is COc1cc(C(=O)NCC(O)(c2cc(C(C)(C)NC(C)=O)cc(-c3ccc(F)c(Cl)c3)n2)C(F)(F)F)ccc1OCC(C)O. The van der Waals surface area contributed by atoms with Gasteiger partial charge in [0.25, 0.3) is 5.91 Å². The number of amides is 2. The molecule has 3 aromatic rings. The van der Waals surface area contributed by atoms with Crippen LogP contribution in [0.5, 0.6) is 11.5 Å². The van der Waals surface area contributed by atoms with Crippen molar-refractivity contribution in [3.8, 4) is 22.8 Å². The molecule has 0 aliphatic heterocycles. The van der Waals surface area contributed by atoms with Crippen molar-refractivity contribution in [1.82, 2.24) is 15.6 Å². The van der Waals surface area contributed by atoms with Crippen LogP contribution < -0.4 is 20.1 Å². The number of aliphatic hydroxyl groups excluding tert-OH is 1. The summed E-state index contributed by atoms with van der Waals surface area (Å²) >= 11 is 5.91. The third kappa shape index (κ3) is 7.96. The molecule has 0 fully saturated rings. The summed E-state index contributed by atoms with van der Waals surface area (Å²) in [6.07, 6.45) is -6.14. The zero-order chi connectivity index (χ0) is 33.0. The van der Waals surface area contributed by atoms with Crippen molar-refractivity contribution in [2.24, 2.45) is 0 Å². The fourth-order valence-corrected chi connectivity index (χ4v) is 4.38. The average Bonchev–Trinajstić information content (AvgIpc) is 2.94. The van der Waals surface area contributed by atoms with E-state index in [1.807, 2.05) is 0 Å². The summed E-state index contributed by atoms with van der Waals surface area (Å²) in [6.45, 7) is 4.37. The molecule has 2 aromatic carbocycles. The Hall–Kier alpha value is -3.94. The van der Waals surface area contributed by atoms with E-state index in [4.69, 9.17) is 21.1 Å². The number of carbonyl (C=O) groups is 2. The van der Waals surface area contributed by atoms with E-state index in [0.717, 1.165) is 18.2 Å². The van der Waals surface area contributed by atoms with Crippen LogP contribution in [0.4, 0.5) is 17.6 Å². The van der Waals surface area contributed by atoms with Gasteiger partial charge in [0, 0.05) is 18.1 Å².